The number of ketones is 2. The average molecular weight is 641 g/mol. The predicted molar refractivity (Wildman–Crippen MR) is 173 cm³/mol. The molecule has 0 aliphatic carbocycles. The van der Waals surface area contributed by atoms with Gasteiger partial charge in [0, 0.05) is 43.3 Å². The summed E-state index contributed by atoms with van der Waals surface area (Å²) in [4.78, 5) is 74.7. The Morgan fingerprint density at radius 3 is 2.54 bits per heavy atom. The van der Waals surface area contributed by atoms with Gasteiger partial charge in [0.25, 0.3) is 0 Å². The lowest BCUT2D eigenvalue weighted by Crippen LogP contribution is -2.61. The van der Waals surface area contributed by atoms with Crippen LogP contribution in [0.3, 0.4) is 0 Å². The summed E-state index contributed by atoms with van der Waals surface area (Å²) in [6, 6.07) is 5.04. The molecule has 11 heteroatoms. The summed E-state index contributed by atoms with van der Waals surface area (Å²) in [5.41, 5.74) is 1.58. The van der Waals surface area contributed by atoms with Crippen LogP contribution in [0.5, 0.6) is 0 Å². The van der Waals surface area contributed by atoms with Crippen molar-refractivity contribution >= 4 is 40.2 Å². The highest BCUT2D eigenvalue weighted by Gasteiger charge is 2.41. The minimum atomic E-state index is -1.54. The molecule has 2 unspecified atom stereocenters. The minimum Gasteiger partial charge on any atom is -0.417 e. The molecule has 2 aliphatic heterocycles. The Labute approximate surface area is 270 Å². The fraction of sp³-hybridized carbons (Fsp3) is 0.629. The number of carbonyl (C=O) groups excluding carboxylic acids is 5. The number of benzene rings is 1. The highest BCUT2D eigenvalue weighted by atomic mass is 19.1. The van der Waals surface area contributed by atoms with E-state index in [9.17, 15) is 28.4 Å². The fourth-order valence-corrected chi connectivity index (χ4v) is 6.70. The van der Waals surface area contributed by atoms with Crippen LogP contribution >= 0.6 is 0 Å². The van der Waals surface area contributed by atoms with E-state index in [0.717, 1.165) is 29.3 Å². The first-order chi connectivity index (χ1) is 22.1. The Hall–Kier alpha value is -3.76. The van der Waals surface area contributed by atoms with Crippen molar-refractivity contribution in [2.24, 2.45) is 11.8 Å². The van der Waals surface area contributed by atoms with Gasteiger partial charge in [0.05, 0.1) is 11.6 Å². The lowest BCUT2D eigenvalue weighted by atomic mass is 9.87. The summed E-state index contributed by atoms with van der Waals surface area (Å²) in [6.45, 7) is 5.89. The molecule has 1 aromatic heterocycles. The Bertz CT molecular complexity index is 1410. The SMILES string of the molecule is CCC(=O)C(F)CCCC[C@@H]1CC(=O)[C@H]2CCCCN2C(=O)[C@H](C(C)CC)NC(=O)[C@H](Cc2cn(OC)c3ccccc23)NC1=O. The van der Waals surface area contributed by atoms with E-state index >= 15 is 0 Å². The molecule has 2 aliphatic rings. The standard InChI is InChI=1S/C35H49FN4O6/c1-5-22(3)32-35(45)39-18-12-11-17-29(39)31(42)20-23(13-7-9-15-26(36)30(41)6-2)33(43)37-27(34(44)38-32)19-24-21-40(46-4)28-16-10-8-14-25(24)28/h8,10,14,16,21-23,26-27,29,32H,5-7,9,11-13,15,17-20H2,1-4H3,(H,37,43)(H,38,44)/t22?,23-,26?,27+,29-,32+/m1/s1. The number of fused-ring (bicyclic) bond motifs is 2. The van der Waals surface area contributed by atoms with Crippen molar-refractivity contribution in [1.82, 2.24) is 20.3 Å². The number of para-hydroxylation sites is 1. The molecule has 2 fully saturated rings. The number of alkyl halides is 1. The van der Waals surface area contributed by atoms with E-state index in [-0.39, 0.29) is 49.7 Å². The quantitative estimate of drug-likeness (QED) is 0.337. The number of hydrogen-bond acceptors (Lipinski definition) is 6. The monoisotopic (exact) mass is 640 g/mol. The molecule has 0 bridgehead atoms. The molecule has 2 saturated heterocycles. The lowest BCUT2D eigenvalue weighted by Gasteiger charge is -2.39. The maximum atomic E-state index is 14.2. The summed E-state index contributed by atoms with van der Waals surface area (Å²) in [5, 5.41) is 6.76. The van der Waals surface area contributed by atoms with Crippen LogP contribution in [0.2, 0.25) is 0 Å². The van der Waals surface area contributed by atoms with Gasteiger partial charge in [-0.15, -0.1) is 0 Å². The van der Waals surface area contributed by atoms with Crippen molar-refractivity contribution in [2.45, 2.75) is 116 Å². The lowest BCUT2D eigenvalue weighted by molar-refractivity contribution is -0.147. The van der Waals surface area contributed by atoms with Crippen LogP contribution in [0.1, 0.15) is 90.5 Å². The smallest absolute Gasteiger partial charge is 0.246 e. The molecule has 2 N–H and O–H groups in total. The molecule has 3 heterocycles. The highest BCUT2D eigenvalue weighted by Crippen LogP contribution is 2.27. The van der Waals surface area contributed by atoms with Crippen LogP contribution in [-0.4, -0.2) is 76.9 Å². The Morgan fingerprint density at radius 1 is 1.07 bits per heavy atom. The highest BCUT2D eigenvalue weighted by molar-refractivity contribution is 5.98. The number of carbonyl (C=O) groups is 5. The molecule has 0 spiro atoms. The summed E-state index contributed by atoms with van der Waals surface area (Å²) < 4.78 is 15.8. The molecule has 0 radical (unpaired) electrons. The summed E-state index contributed by atoms with van der Waals surface area (Å²) in [6.07, 6.45) is 4.27. The Morgan fingerprint density at radius 2 is 1.83 bits per heavy atom. The van der Waals surface area contributed by atoms with Crippen molar-refractivity contribution in [2.75, 3.05) is 13.7 Å². The first-order valence-electron chi connectivity index (χ1n) is 16.8. The molecule has 252 valence electrons. The number of halogens is 1. The van der Waals surface area contributed by atoms with E-state index in [0.29, 0.717) is 32.2 Å². The minimum absolute atomic E-state index is 0.0610. The van der Waals surface area contributed by atoms with Crippen LogP contribution in [0.4, 0.5) is 4.39 Å². The van der Waals surface area contributed by atoms with Crippen molar-refractivity contribution in [3.8, 4) is 0 Å². The van der Waals surface area contributed by atoms with Crippen molar-refractivity contribution < 1.29 is 33.2 Å². The van der Waals surface area contributed by atoms with Gasteiger partial charge >= 0.3 is 0 Å². The van der Waals surface area contributed by atoms with Crippen LogP contribution in [-0.2, 0) is 30.4 Å². The number of piperidine rings is 1. The fourth-order valence-electron chi connectivity index (χ4n) is 6.70. The first-order valence-corrected chi connectivity index (χ1v) is 16.8. The summed E-state index contributed by atoms with van der Waals surface area (Å²) in [5.74, 6) is -2.76. The molecule has 46 heavy (non-hydrogen) atoms. The molecule has 6 atom stereocenters. The second-order valence-corrected chi connectivity index (χ2v) is 12.8. The zero-order chi connectivity index (χ0) is 33.4. The average Bonchev–Trinajstić information content (AvgIpc) is 3.43. The Kier molecular flexibility index (Phi) is 12.3. The third-order valence-electron chi connectivity index (χ3n) is 9.72. The van der Waals surface area contributed by atoms with Gasteiger partial charge in [-0.2, -0.15) is 4.73 Å². The van der Waals surface area contributed by atoms with Gasteiger partial charge in [0.2, 0.25) is 17.7 Å². The molecule has 10 nitrogen and oxygen atoms in total. The van der Waals surface area contributed by atoms with E-state index in [1.165, 1.54) is 0 Å². The van der Waals surface area contributed by atoms with Crippen molar-refractivity contribution in [1.29, 1.82) is 0 Å². The van der Waals surface area contributed by atoms with E-state index in [2.05, 4.69) is 10.6 Å². The number of aromatic nitrogens is 1. The van der Waals surface area contributed by atoms with Crippen LogP contribution in [0.25, 0.3) is 10.9 Å². The molecular weight excluding hydrogens is 591 g/mol. The second kappa shape index (κ2) is 16.2. The number of hydrogen-bond donors (Lipinski definition) is 2. The third kappa shape index (κ3) is 8.14. The van der Waals surface area contributed by atoms with Gasteiger partial charge in [-0.1, -0.05) is 58.2 Å². The summed E-state index contributed by atoms with van der Waals surface area (Å²) in [7, 11) is 1.54. The number of amides is 3. The number of unbranched alkanes of at least 4 members (excludes halogenated alkanes) is 1. The first kappa shape index (κ1) is 35.1. The van der Waals surface area contributed by atoms with Crippen LogP contribution in [0, 0.1) is 11.8 Å². The van der Waals surface area contributed by atoms with Gasteiger partial charge in [0.15, 0.2) is 17.7 Å². The topological polar surface area (TPSA) is 127 Å². The zero-order valence-corrected chi connectivity index (χ0v) is 27.6. The maximum Gasteiger partial charge on any atom is 0.246 e. The van der Waals surface area contributed by atoms with E-state index in [4.69, 9.17) is 4.84 Å². The van der Waals surface area contributed by atoms with Crippen molar-refractivity contribution in [3.63, 3.8) is 0 Å². The van der Waals surface area contributed by atoms with Gasteiger partial charge in [-0.05, 0) is 49.7 Å². The van der Waals surface area contributed by atoms with Gasteiger partial charge in [-0.3, -0.25) is 24.0 Å². The van der Waals surface area contributed by atoms with Crippen molar-refractivity contribution in [3.05, 3.63) is 36.0 Å². The third-order valence-corrected chi connectivity index (χ3v) is 9.72. The van der Waals surface area contributed by atoms with Gasteiger partial charge in [-0.25, -0.2) is 4.39 Å². The number of nitrogens with zero attached hydrogens (tertiary/aromatic N) is 2. The predicted octanol–water partition coefficient (Wildman–Crippen LogP) is 4.11. The second-order valence-electron chi connectivity index (χ2n) is 12.8. The molecule has 0 saturated carbocycles. The molecule has 2 aromatic rings. The number of rotatable bonds is 12. The number of Topliss-reactive ketones (excluding diaryl/α,β-unsaturated/α-hetero) is 2. The Balaban J connectivity index is 1.66. The van der Waals surface area contributed by atoms with Crippen LogP contribution in [0.15, 0.2) is 30.5 Å². The van der Waals surface area contributed by atoms with Gasteiger partial charge < -0.3 is 20.4 Å². The molecular formula is C35H49FN4O6. The van der Waals surface area contributed by atoms with Gasteiger partial charge in [0.1, 0.15) is 19.2 Å². The zero-order valence-electron chi connectivity index (χ0n) is 27.6. The van der Waals surface area contributed by atoms with E-state index < -0.39 is 47.8 Å². The summed E-state index contributed by atoms with van der Waals surface area (Å²) >= 11 is 0. The van der Waals surface area contributed by atoms with Crippen LogP contribution < -0.4 is 15.5 Å². The number of nitrogens with one attached hydrogen (secondary N) is 2. The van der Waals surface area contributed by atoms with E-state index in [1.807, 2.05) is 38.1 Å². The molecule has 4 rings (SSSR count). The molecule has 1 aromatic carbocycles. The van der Waals surface area contributed by atoms with E-state index in [1.54, 1.807) is 29.9 Å². The normalized spacial score (nSPS) is 24.3. The largest absolute Gasteiger partial charge is 0.417 e. The maximum absolute atomic E-state index is 14.2. The molecule has 3 amide bonds.